The Kier molecular flexibility index (Phi) is 7.38. The molecule has 0 aliphatic carbocycles. The number of esters is 1. The van der Waals surface area contributed by atoms with Crippen LogP contribution in [0.5, 0.6) is 0 Å². The van der Waals surface area contributed by atoms with E-state index in [9.17, 15) is 14.9 Å². The van der Waals surface area contributed by atoms with Crippen LogP contribution < -0.4 is 10.2 Å². The van der Waals surface area contributed by atoms with Gasteiger partial charge in [0, 0.05) is 25.5 Å². The first-order chi connectivity index (χ1) is 14.1. The van der Waals surface area contributed by atoms with Crippen LogP contribution in [0.2, 0.25) is 0 Å². The van der Waals surface area contributed by atoms with Crippen LogP contribution in [0, 0.1) is 32.1 Å². The first-order valence-corrected chi connectivity index (χ1v) is 9.61. The van der Waals surface area contributed by atoms with E-state index in [2.05, 4.69) is 5.32 Å². The molecule has 0 spiro atoms. The Morgan fingerprint density at radius 2 is 1.67 bits per heavy atom. The van der Waals surface area contributed by atoms with Crippen LogP contribution in [0.15, 0.2) is 42.0 Å². The highest BCUT2D eigenvalue weighted by molar-refractivity contribution is 6.01. The molecule has 0 radical (unpaired) electrons. The number of anilines is 2. The van der Waals surface area contributed by atoms with Crippen LogP contribution in [0.1, 0.15) is 29.2 Å². The highest BCUT2D eigenvalue weighted by Crippen LogP contribution is 2.22. The highest BCUT2D eigenvalue weighted by Gasteiger charge is 2.21. The minimum Gasteiger partial charge on any atom is -0.448 e. The van der Waals surface area contributed by atoms with Crippen molar-refractivity contribution < 1.29 is 14.3 Å². The van der Waals surface area contributed by atoms with Gasteiger partial charge in [0.2, 0.25) is 0 Å². The monoisotopic (exact) mass is 405 g/mol. The third kappa shape index (κ3) is 5.71. The summed E-state index contributed by atoms with van der Waals surface area (Å²) in [7, 11) is 3.85. The highest BCUT2D eigenvalue weighted by atomic mass is 16.5. The summed E-state index contributed by atoms with van der Waals surface area (Å²) in [5.74, 6) is -1.29. The zero-order chi connectivity index (χ0) is 22.4. The Bertz CT molecular complexity index is 992. The Labute approximate surface area is 177 Å². The van der Waals surface area contributed by atoms with Crippen LogP contribution >= 0.6 is 0 Å². The van der Waals surface area contributed by atoms with Crippen molar-refractivity contribution in [1.82, 2.24) is 0 Å². The Hall–Kier alpha value is -3.59. The van der Waals surface area contributed by atoms with E-state index in [1.165, 1.54) is 13.0 Å². The van der Waals surface area contributed by atoms with Crippen LogP contribution in [-0.4, -0.2) is 32.1 Å². The van der Waals surface area contributed by atoms with E-state index in [0.717, 1.165) is 22.4 Å². The van der Waals surface area contributed by atoms with Gasteiger partial charge in [-0.3, -0.25) is 4.79 Å². The molecule has 0 aliphatic heterocycles. The molecular formula is C24H27N3O3. The third-order valence-electron chi connectivity index (χ3n) is 4.64. The topological polar surface area (TPSA) is 82.4 Å². The van der Waals surface area contributed by atoms with Crippen LogP contribution in [-0.2, 0) is 14.3 Å². The Balaban J connectivity index is 2.09. The summed E-state index contributed by atoms with van der Waals surface area (Å²) < 4.78 is 5.23. The fourth-order valence-corrected chi connectivity index (χ4v) is 3.05. The second-order valence-corrected chi connectivity index (χ2v) is 7.47. The van der Waals surface area contributed by atoms with Crippen molar-refractivity contribution in [3.63, 3.8) is 0 Å². The molecule has 2 aromatic carbocycles. The quantitative estimate of drug-likeness (QED) is 0.443. The lowest BCUT2D eigenvalue weighted by atomic mass is 10.0. The zero-order valence-corrected chi connectivity index (χ0v) is 18.2. The normalized spacial score (nSPS) is 12.0. The molecule has 6 heteroatoms. The number of carbonyl (C=O) groups excluding carboxylic acids is 2. The summed E-state index contributed by atoms with van der Waals surface area (Å²) >= 11 is 0. The molecule has 0 unspecified atom stereocenters. The molecular weight excluding hydrogens is 378 g/mol. The van der Waals surface area contributed by atoms with Gasteiger partial charge >= 0.3 is 5.97 Å². The van der Waals surface area contributed by atoms with Gasteiger partial charge in [-0.1, -0.05) is 29.8 Å². The van der Waals surface area contributed by atoms with E-state index in [0.29, 0.717) is 11.3 Å². The average Bonchev–Trinajstić information content (AvgIpc) is 2.68. The van der Waals surface area contributed by atoms with Gasteiger partial charge in [0.15, 0.2) is 6.10 Å². The lowest BCUT2D eigenvalue weighted by Gasteiger charge is -2.16. The first-order valence-electron chi connectivity index (χ1n) is 9.61. The number of carbonyl (C=O) groups is 2. The molecule has 0 heterocycles. The molecule has 0 aliphatic rings. The maximum Gasteiger partial charge on any atom is 0.349 e. The Morgan fingerprint density at radius 3 is 2.17 bits per heavy atom. The van der Waals surface area contributed by atoms with Gasteiger partial charge in [-0.05, 0) is 62.6 Å². The molecule has 0 bridgehead atoms. The molecule has 0 fully saturated rings. The van der Waals surface area contributed by atoms with Crippen molar-refractivity contribution in [3.05, 3.63) is 64.2 Å². The number of nitrogens with one attached hydrogen (secondary N) is 1. The number of benzene rings is 2. The number of rotatable bonds is 6. The molecule has 0 saturated heterocycles. The van der Waals surface area contributed by atoms with Gasteiger partial charge in [-0.15, -0.1) is 0 Å². The molecule has 0 saturated carbocycles. The van der Waals surface area contributed by atoms with Crippen molar-refractivity contribution in [2.75, 3.05) is 24.3 Å². The number of nitrogens with zero attached hydrogens (tertiary/aromatic N) is 2. The molecule has 0 aromatic heterocycles. The summed E-state index contributed by atoms with van der Waals surface area (Å²) in [5, 5.41) is 12.2. The zero-order valence-electron chi connectivity index (χ0n) is 18.2. The fourth-order valence-electron chi connectivity index (χ4n) is 3.05. The molecule has 156 valence electrons. The van der Waals surface area contributed by atoms with Crippen LogP contribution in [0.3, 0.4) is 0 Å². The molecule has 1 atom stereocenters. The van der Waals surface area contributed by atoms with E-state index in [1.54, 1.807) is 12.1 Å². The summed E-state index contributed by atoms with van der Waals surface area (Å²) in [4.78, 5) is 26.9. The van der Waals surface area contributed by atoms with Crippen LogP contribution in [0.25, 0.3) is 6.08 Å². The fraction of sp³-hybridized carbons (Fsp3) is 0.292. The second-order valence-electron chi connectivity index (χ2n) is 7.47. The summed E-state index contributed by atoms with van der Waals surface area (Å²) in [6.07, 6.45) is 0.395. The second kappa shape index (κ2) is 9.75. The van der Waals surface area contributed by atoms with Gasteiger partial charge in [0.25, 0.3) is 5.91 Å². The predicted octanol–water partition coefficient (Wildman–Crippen LogP) is 4.16. The summed E-state index contributed by atoms with van der Waals surface area (Å²) in [6, 6.07) is 13.2. The van der Waals surface area contributed by atoms with Gasteiger partial charge in [0.05, 0.1) is 0 Å². The maximum atomic E-state index is 12.5. The Morgan fingerprint density at radius 1 is 1.10 bits per heavy atom. The van der Waals surface area contributed by atoms with Gasteiger partial charge < -0.3 is 15.0 Å². The van der Waals surface area contributed by atoms with Gasteiger partial charge in [0.1, 0.15) is 11.6 Å². The van der Waals surface area contributed by atoms with E-state index in [4.69, 9.17) is 4.74 Å². The van der Waals surface area contributed by atoms with Gasteiger partial charge in [-0.2, -0.15) is 5.26 Å². The smallest absolute Gasteiger partial charge is 0.349 e. The van der Waals surface area contributed by atoms with Crippen molar-refractivity contribution in [1.29, 1.82) is 5.26 Å². The number of amides is 1. The minimum atomic E-state index is -1.05. The van der Waals surface area contributed by atoms with E-state index in [-0.39, 0.29) is 5.57 Å². The van der Waals surface area contributed by atoms with E-state index in [1.807, 2.05) is 70.1 Å². The van der Waals surface area contributed by atoms with Crippen molar-refractivity contribution >= 4 is 29.3 Å². The lowest BCUT2D eigenvalue weighted by molar-refractivity contribution is -0.148. The summed E-state index contributed by atoms with van der Waals surface area (Å²) in [5.41, 5.74) is 5.18. The van der Waals surface area contributed by atoms with Crippen molar-refractivity contribution in [2.24, 2.45) is 0 Å². The van der Waals surface area contributed by atoms with Crippen molar-refractivity contribution in [2.45, 2.75) is 33.8 Å². The number of hydrogen-bond acceptors (Lipinski definition) is 5. The molecule has 2 aromatic rings. The minimum absolute atomic E-state index is 0.171. The maximum absolute atomic E-state index is 12.5. The lowest BCUT2D eigenvalue weighted by Crippen LogP contribution is -2.30. The average molecular weight is 405 g/mol. The van der Waals surface area contributed by atoms with Gasteiger partial charge in [-0.25, -0.2) is 4.79 Å². The number of nitriles is 1. The summed E-state index contributed by atoms with van der Waals surface area (Å²) in [6.45, 7) is 7.28. The molecule has 1 N–H and O–H groups in total. The molecule has 1 amide bonds. The first kappa shape index (κ1) is 22.7. The SMILES string of the molecule is Cc1cc(C)c(NC(=O)[C@@H](C)OC(=O)/C(C#N)=C/c2ccc(N(C)C)cc2)c(C)c1. The van der Waals surface area contributed by atoms with E-state index >= 15 is 0 Å². The predicted molar refractivity (Wildman–Crippen MR) is 119 cm³/mol. The number of aryl methyl sites for hydroxylation is 3. The molecule has 30 heavy (non-hydrogen) atoms. The molecule has 6 nitrogen and oxygen atoms in total. The largest absolute Gasteiger partial charge is 0.448 e. The standard InChI is InChI=1S/C24H27N3O3/c1-15-11-16(2)22(17(3)12-15)26-23(28)18(4)30-24(29)20(14-25)13-19-7-9-21(10-8-19)27(5)6/h7-13,18H,1-6H3,(H,26,28)/b20-13+/t18-/m1/s1. The number of ether oxygens (including phenoxy) is 1. The number of hydrogen-bond donors (Lipinski definition) is 1. The van der Waals surface area contributed by atoms with Crippen LogP contribution in [0.4, 0.5) is 11.4 Å². The van der Waals surface area contributed by atoms with Crippen molar-refractivity contribution in [3.8, 4) is 6.07 Å². The third-order valence-corrected chi connectivity index (χ3v) is 4.64. The van der Waals surface area contributed by atoms with E-state index < -0.39 is 18.0 Å². The molecule has 2 rings (SSSR count).